The summed E-state index contributed by atoms with van der Waals surface area (Å²) in [6.45, 7) is 8.11. The van der Waals surface area contributed by atoms with E-state index in [9.17, 15) is 0 Å². The van der Waals surface area contributed by atoms with E-state index in [0.29, 0.717) is 22.7 Å². The molecule has 39 heavy (non-hydrogen) atoms. The zero-order valence-electron chi connectivity index (χ0n) is 21.9. The summed E-state index contributed by atoms with van der Waals surface area (Å²) in [5.74, 6) is 0.580. The highest BCUT2D eigenvalue weighted by Crippen LogP contribution is 2.36. The summed E-state index contributed by atoms with van der Waals surface area (Å²) in [7, 11) is -0.396. The molecule has 1 fully saturated rings. The molecule has 204 valence electrons. The van der Waals surface area contributed by atoms with Crippen LogP contribution in [-0.2, 0) is 9.31 Å². The minimum Gasteiger partial charge on any atom is -0.506 e. The molecule has 0 saturated carbocycles. The predicted octanol–water partition coefficient (Wildman–Crippen LogP) is 6.22. The first-order chi connectivity index (χ1) is 18.2. The third-order valence-electron chi connectivity index (χ3n) is 6.44. The monoisotopic (exact) mass is 658 g/mol. The number of halogens is 2. The number of hydrogen-bond acceptors (Lipinski definition) is 9. The van der Waals surface area contributed by atoms with Gasteiger partial charge in [0.2, 0.25) is 0 Å². The number of phenols is 1. The Hall–Kier alpha value is -3.19. The van der Waals surface area contributed by atoms with Crippen molar-refractivity contribution in [2.45, 2.75) is 38.9 Å². The van der Waals surface area contributed by atoms with E-state index in [2.05, 4.69) is 36.8 Å². The summed E-state index contributed by atoms with van der Waals surface area (Å²) < 4.78 is 24.3. The van der Waals surface area contributed by atoms with Crippen molar-refractivity contribution in [1.82, 2.24) is 4.98 Å². The number of oxazole rings is 1. The molecule has 1 saturated heterocycles. The Kier molecular flexibility index (Phi) is 8.22. The second kappa shape index (κ2) is 11.1. The van der Waals surface area contributed by atoms with Crippen LogP contribution in [-0.4, -0.2) is 28.4 Å². The summed E-state index contributed by atoms with van der Waals surface area (Å²) in [6.07, 6.45) is 0. The number of phenolic OH excluding ortho intramolecular Hbond substituents is 1. The van der Waals surface area contributed by atoms with Crippen LogP contribution in [0.25, 0.3) is 22.1 Å². The number of rotatable bonds is 1. The van der Waals surface area contributed by atoms with Crippen molar-refractivity contribution >= 4 is 84.1 Å². The second-order valence-corrected chi connectivity index (χ2v) is 11.7. The van der Waals surface area contributed by atoms with Crippen molar-refractivity contribution in [3.8, 4) is 5.75 Å². The fourth-order valence-corrected chi connectivity index (χ4v) is 4.41. The van der Waals surface area contributed by atoms with Gasteiger partial charge in [-0.1, -0.05) is 37.9 Å². The number of benzene rings is 3. The van der Waals surface area contributed by atoms with Crippen molar-refractivity contribution in [3.63, 3.8) is 0 Å². The predicted molar refractivity (Wildman–Crippen MR) is 163 cm³/mol. The Labute approximate surface area is 243 Å². The molecule has 0 unspecified atom stereocenters. The van der Waals surface area contributed by atoms with Gasteiger partial charge in [-0.15, -0.1) is 0 Å². The molecule has 0 amide bonds. The lowest BCUT2D eigenvalue weighted by atomic mass is 9.79. The van der Waals surface area contributed by atoms with Crippen LogP contribution in [0.2, 0.25) is 0 Å². The lowest BCUT2D eigenvalue weighted by Crippen LogP contribution is -2.41. The van der Waals surface area contributed by atoms with Gasteiger partial charge in [-0.3, -0.25) is 0 Å². The molecule has 7 N–H and O–H groups in total. The average molecular weight is 660 g/mol. The third kappa shape index (κ3) is 6.70. The average Bonchev–Trinajstić information content (AvgIpc) is 3.47. The number of fused-ring (bicyclic) bond motifs is 2. The molecular formula is C27H29BBr2N4O5. The van der Waals surface area contributed by atoms with Crippen LogP contribution >= 0.6 is 31.9 Å². The first-order valence-corrected chi connectivity index (χ1v) is 13.5. The van der Waals surface area contributed by atoms with Gasteiger partial charge in [0.1, 0.15) is 16.8 Å². The number of anilines is 3. The zero-order valence-corrected chi connectivity index (χ0v) is 25.0. The normalized spacial score (nSPS) is 15.5. The van der Waals surface area contributed by atoms with Crippen molar-refractivity contribution in [1.29, 1.82) is 0 Å². The van der Waals surface area contributed by atoms with Crippen LogP contribution < -0.4 is 22.7 Å². The van der Waals surface area contributed by atoms with Gasteiger partial charge >= 0.3 is 7.12 Å². The largest absolute Gasteiger partial charge is 0.506 e. The first-order valence-electron chi connectivity index (χ1n) is 11.9. The SMILES string of the molecule is CC1(C)OB(c2ccc3oc(N)nc3c2)OC1(C)C.Nc1cc(Br)ccc1O.Nc1cc2cc(Br)ccc2o1. The Morgan fingerprint density at radius 1 is 0.769 bits per heavy atom. The van der Waals surface area contributed by atoms with Crippen LogP contribution in [0.1, 0.15) is 27.7 Å². The maximum atomic E-state index is 8.90. The quantitative estimate of drug-likeness (QED) is 0.0931. The maximum absolute atomic E-state index is 8.90. The maximum Gasteiger partial charge on any atom is 0.494 e. The summed E-state index contributed by atoms with van der Waals surface area (Å²) in [5, 5.41) is 9.92. The molecule has 1 aliphatic heterocycles. The van der Waals surface area contributed by atoms with E-state index in [4.69, 9.17) is 40.5 Å². The molecule has 0 aliphatic carbocycles. The smallest absolute Gasteiger partial charge is 0.494 e. The van der Waals surface area contributed by atoms with Crippen molar-refractivity contribution in [2.75, 3.05) is 17.2 Å². The van der Waals surface area contributed by atoms with Gasteiger partial charge in [-0.2, -0.15) is 4.98 Å². The van der Waals surface area contributed by atoms with Gasteiger partial charge in [0.25, 0.3) is 6.01 Å². The van der Waals surface area contributed by atoms with Crippen molar-refractivity contribution < 1.29 is 23.2 Å². The zero-order chi connectivity index (χ0) is 28.5. The molecule has 2 aromatic heterocycles. The second-order valence-electron chi connectivity index (χ2n) is 9.90. The molecule has 6 rings (SSSR count). The van der Waals surface area contributed by atoms with Gasteiger partial charge in [-0.05, 0) is 81.7 Å². The van der Waals surface area contributed by atoms with E-state index < -0.39 is 7.12 Å². The third-order valence-corrected chi connectivity index (χ3v) is 7.43. The molecular weight excluding hydrogens is 631 g/mol. The van der Waals surface area contributed by atoms with E-state index in [0.717, 1.165) is 25.4 Å². The van der Waals surface area contributed by atoms with Crippen LogP contribution in [0.4, 0.5) is 17.6 Å². The molecule has 3 aromatic carbocycles. The number of nitrogen functional groups attached to an aromatic ring is 3. The fourth-order valence-electron chi connectivity index (χ4n) is 3.65. The van der Waals surface area contributed by atoms with E-state index in [1.807, 2.05) is 64.1 Å². The molecule has 0 bridgehead atoms. The summed E-state index contributed by atoms with van der Waals surface area (Å²) in [4.78, 5) is 4.12. The van der Waals surface area contributed by atoms with E-state index in [-0.39, 0.29) is 23.0 Å². The number of nitrogens with two attached hydrogens (primary N) is 3. The van der Waals surface area contributed by atoms with E-state index >= 15 is 0 Å². The summed E-state index contributed by atoms with van der Waals surface area (Å²) in [6, 6.07) is 18.3. The molecule has 1 aliphatic rings. The van der Waals surface area contributed by atoms with Crippen LogP contribution in [0.3, 0.4) is 0 Å². The van der Waals surface area contributed by atoms with Crippen molar-refractivity contribution in [3.05, 3.63) is 69.6 Å². The molecule has 9 nitrogen and oxygen atoms in total. The Morgan fingerprint density at radius 2 is 1.38 bits per heavy atom. The van der Waals surface area contributed by atoms with Crippen LogP contribution in [0, 0.1) is 0 Å². The van der Waals surface area contributed by atoms with Gasteiger partial charge in [0, 0.05) is 20.4 Å². The Balaban J connectivity index is 0.000000149. The number of hydrogen-bond donors (Lipinski definition) is 4. The lowest BCUT2D eigenvalue weighted by molar-refractivity contribution is 0.00578. The van der Waals surface area contributed by atoms with Crippen molar-refractivity contribution in [2.24, 2.45) is 0 Å². The van der Waals surface area contributed by atoms with Gasteiger partial charge in [0.05, 0.1) is 16.9 Å². The number of aromatic hydroxyl groups is 1. The highest BCUT2D eigenvalue weighted by molar-refractivity contribution is 9.10. The molecule has 3 heterocycles. The molecule has 5 aromatic rings. The number of aromatic nitrogens is 1. The van der Waals surface area contributed by atoms with Gasteiger partial charge < -0.3 is 40.5 Å². The number of nitrogens with zero attached hydrogens (tertiary/aromatic N) is 1. The fraction of sp³-hybridized carbons (Fsp3) is 0.222. The molecule has 0 atom stereocenters. The molecule has 0 spiro atoms. The first kappa shape index (κ1) is 28.8. The minimum atomic E-state index is -0.396. The van der Waals surface area contributed by atoms with Gasteiger partial charge in [0.15, 0.2) is 11.5 Å². The highest BCUT2D eigenvalue weighted by Gasteiger charge is 2.51. The number of furan rings is 1. The van der Waals surface area contributed by atoms with Gasteiger partial charge in [-0.25, -0.2) is 0 Å². The summed E-state index contributed by atoms with van der Waals surface area (Å²) >= 11 is 6.56. The standard InChI is InChI=1S/C13H17BN2O3.C8H6BrNO.C6H6BrNO/c1-12(2)13(3,4)19-14(18-12)8-5-6-10-9(7-8)16-11(15)17-10;9-6-1-2-7-5(3-6)4-8(10)11-7;7-4-1-2-6(9)5(8)3-4/h5-7H,1-4H3,(H2,15,16);1-4H,10H2;1-3,9H,8H2. The van der Waals surface area contributed by atoms with Crippen LogP contribution in [0.5, 0.6) is 5.75 Å². The van der Waals surface area contributed by atoms with E-state index in [1.54, 1.807) is 24.3 Å². The van der Waals surface area contributed by atoms with E-state index in [1.165, 1.54) is 0 Å². The van der Waals surface area contributed by atoms with Crippen LogP contribution in [0.15, 0.2) is 78.4 Å². The molecule has 12 heteroatoms. The lowest BCUT2D eigenvalue weighted by Gasteiger charge is -2.32. The topological polar surface area (TPSA) is 156 Å². The Morgan fingerprint density at radius 3 is 2.03 bits per heavy atom. The minimum absolute atomic E-state index is 0.123. The Bertz CT molecular complexity index is 1600. The summed E-state index contributed by atoms with van der Waals surface area (Å²) in [5.41, 5.74) is 19.1. The highest BCUT2D eigenvalue weighted by atomic mass is 79.9. The molecule has 0 radical (unpaired) electrons.